The van der Waals surface area contributed by atoms with Crippen LogP contribution in [0.2, 0.25) is 0 Å². The Balaban J connectivity index is 1.63. The average molecular weight is 328 g/mol. The van der Waals surface area contributed by atoms with Crippen LogP contribution in [0.4, 0.5) is 0 Å². The standard InChI is InChI=1S/C22H32O2/c1-2-3-4-5-6-18-7-8-19(23)20(21(18)24)22-12-15-9-16(13-22)11-17(10-15)14-22/h7-8,15-17,23-24H,2-6,9-14H2,1H3. The number of aromatic hydroxyl groups is 2. The van der Waals surface area contributed by atoms with Crippen LogP contribution in [0.3, 0.4) is 0 Å². The molecule has 1 aromatic rings. The molecule has 24 heavy (non-hydrogen) atoms. The van der Waals surface area contributed by atoms with Crippen molar-refractivity contribution in [1.29, 1.82) is 0 Å². The highest BCUT2D eigenvalue weighted by Gasteiger charge is 2.53. The van der Waals surface area contributed by atoms with Crippen LogP contribution in [0.25, 0.3) is 0 Å². The molecular weight excluding hydrogens is 296 g/mol. The van der Waals surface area contributed by atoms with Gasteiger partial charge in [0.2, 0.25) is 0 Å². The van der Waals surface area contributed by atoms with Crippen LogP contribution in [0.1, 0.15) is 82.3 Å². The molecule has 4 fully saturated rings. The summed E-state index contributed by atoms with van der Waals surface area (Å²) in [5.74, 6) is 3.23. The van der Waals surface area contributed by atoms with Gasteiger partial charge in [0.15, 0.2) is 0 Å². The van der Waals surface area contributed by atoms with Gasteiger partial charge in [0, 0.05) is 11.0 Å². The normalized spacial score (nSPS) is 34.0. The van der Waals surface area contributed by atoms with E-state index in [9.17, 15) is 10.2 Å². The topological polar surface area (TPSA) is 40.5 Å². The second-order valence-corrected chi connectivity index (χ2v) is 8.98. The molecule has 0 heterocycles. The fourth-order valence-corrected chi connectivity index (χ4v) is 6.51. The van der Waals surface area contributed by atoms with Crippen LogP contribution in [0, 0.1) is 17.8 Å². The molecule has 2 N–H and O–H groups in total. The smallest absolute Gasteiger partial charge is 0.126 e. The molecule has 5 rings (SSSR count). The van der Waals surface area contributed by atoms with Crippen molar-refractivity contribution in [3.05, 3.63) is 23.3 Å². The number of phenols is 2. The molecule has 0 aromatic heterocycles. The predicted octanol–water partition coefficient (Wildman–Crippen LogP) is 5.69. The van der Waals surface area contributed by atoms with Gasteiger partial charge in [-0.2, -0.15) is 0 Å². The summed E-state index contributed by atoms with van der Waals surface area (Å²) in [6, 6.07) is 3.80. The zero-order valence-electron chi connectivity index (χ0n) is 15.1. The fraction of sp³-hybridized carbons (Fsp3) is 0.727. The summed E-state index contributed by atoms with van der Waals surface area (Å²) in [5.41, 5.74) is 2.02. The third kappa shape index (κ3) is 2.72. The van der Waals surface area contributed by atoms with E-state index in [-0.39, 0.29) is 5.41 Å². The Labute approximate surface area is 146 Å². The first kappa shape index (κ1) is 16.3. The van der Waals surface area contributed by atoms with Crippen LogP contribution in [0.5, 0.6) is 11.5 Å². The van der Waals surface area contributed by atoms with E-state index in [1.165, 1.54) is 57.8 Å². The van der Waals surface area contributed by atoms with Crippen LogP contribution >= 0.6 is 0 Å². The van der Waals surface area contributed by atoms with Gasteiger partial charge in [0.25, 0.3) is 0 Å². The highest BCUT2D eigenvalue weighted by molar-refractivity contribution is 5.54. The molecule has 0 spiro atoms. The van der Waals surface area contributed by atoms with E-state index in [1.807, 2.05) is 12.1 Å². The molecular formula is C22H32O2. The van der Waals surface area contributed by atoms with E-state index < -0.39 is 0 Å². The largest absolute Gasteiger partial charge is 0.508 e. The van der Waals surface area contributed by atoms with Gasteiger partial charge < -0.3 is 10.2 Å². The minimum Gasteiger partial charge on any atom is -0.508 e. The third-order valence-electron chi connectivity index (χ3n) is 7.11. The molecule has 0 atom stereocenters. The maximum atomic E-state index is 11.0. The maximum absolute atomic E-state index is 11.0. The zero-order valence-corrected chi connectivity index (χ0v) is 15.1. The fourth-order valence-electron chi connectivity index (χ4n) is 6.51. The average Bonchev–Trinajstić information content (AvgIpc) is 2.52. The summed E-state index contributed by atoms with van der Waals surface area (Å²) in [4.78, 5) is 0. The first-order valence-electron chi connectivity index (χ1n) is 10.2. The van der Waals surface area contributed by atoms with E-state index in [1.54, 1.807) is 0 Å². The number of benzene rings is 1. The molecule has 2 nitrogen and oxygen atoms in total. The maximum Gasteiger partial charge on any atom is 0.126 e. The Kier molecular flexibility index (Phi) is 4.26. The molecule has 0 radical (unpaired) electrons. The Hall–Kier alpha value is -1.18. The number of hydrogen-bond acceptors (Lipinski definition) is 2. The molecule has 2 heteroatoms. The van der Waals surface area contributed by atoms with Gasteiger partial charge in [-0.05, 0) is 80.8 Å². The number of unbranched alkanes of at least 4 members (excludes halogenated alkanes) is 3. The van der Waals surface area contributed by atoms with E-state index in [0.29, 0.717) is 11.5 Å². The monoisotopic (exact) mass is 328 g/mol. The molecule has 4 bridgehead atoms. The van der Waals surface area contributed by atoms with E-state index in [4.69, 9.17) is 0 Å². The molecule has 0 unspecified atom stereocenters. The van der Waals surface area contributed by atoms with Gasteiger partial charge in [0.05, 0.1) is 0 Å². The van der Waals surface area contributed by atoms with Gasteiger partial charge >= 0.3 is 0 Å². The molecule has 4 aliphatic carbocycles. The van der Waals surface area contributed by atoms with Gasteiger partial charge in [-0.25, -0.2) is 0 Å². The third-order valence-corrected chi connectivity index (χ3v) is 7.11. The van der Waals surface area contributed by atoms with Crippen molar-refractivity contribution in [1.82, 2.24) is 0 Å². The summed E-state index contributed by atoms with van der Waals surface area (Å²) in [6.45, 7) is 2.23. The summed E-state index contributed by atoms with van der Waals surface area (Å²) in [6.07, 6.45) is 13.5. The van der Waals surface area contributed by atoms with Crippen molar-refractivity contribution in [2.75, 3.05) is 0 Å². The Morgan fingerprint density at radius 1 is 0.917 bits per heavy atom. The summed E-state index contributed by atoms with van der Waals surface area (Å²) < 4.78 is 0. The molecule has 0 amide bonds. The van der Waals surface area contributed by atoms with E-state index in [0.717, 1.165) is 41.7 Å². The lowest BCUT2D eigenvalue weighted by Gasteiger charge is -2.57. The number of aryl methyl sites for hydroxylation is 1. The van der Waals surface area contributed by atoms with Crippen molar-refractivity contribution < 1.29 is 10.2 Å². The number of hydrogen-bond donors (Lipinski definition) is 2. The molecule has 1 aromatic carbocycles. The van der Waals surface area contributed by atoms with Gasteiger partial charge in [-0.1, -0.05) is 32.3 Å². The summed E-state index contributed by atoms with van der Waals surface area (Å²) in [5, 5.41) is 21.7. The van der Waals surface area contributed by atoms with Crippen molar-refractivity contribution in [2.45, 2.75) is 83.0 Å². The van der Waals surface area contributed by atoms with Gasteiger partial charge in [0.1, 0.15) is 11.5 Å². The number of rotatable bonds is 6. The Morgan fingerprint density at radius 3 is 2.12 bits per heavy atom. The molecule has 0 saturated heterocycles. The van der Waals surface area contributed by atoms with Gasteiger partial charge in [-0.15, -0.1) is 0 Å². The Morgan fingerprint density at radius 2 is 1.54 bits per heavy atom. The minimum absolute atomic E-state index is 0.0579. The predicted molar refractivity (Wildman–Crippen MR) is 97.5 cm³/mol. The van der Waals surface area contributed by atoms with Crippen LogP contribution in [0.15, 0.2) is 12.1 Å². The lowest BCUT2D eigenvalue weighted by atomic mass is 9.48. The highest BCUT2D eigenvalue weighted by atomic mass is 16.3. The summed E-state index contributed by atoms with van der Waals surface area (Å²) >= 11 is 0. The lowest BCUT2D eigenvalue weighted by molar-refractivity contribution is -0.00716. The highest BCUT2D eigenvalue weighted by Crippen LogP contribution is 2.63. The summed E-state index contributed by atoms with van der Waals surface area (Å²) in [7, 11) is 0. The first-order chi connectivity index (χ1) is 11.6. The van der Waals surface area contributed by atoms with Crippen LogP contribution in [-0.4, -0.2) is 10.2 Å². The second kappa shape index (κ2) is 6.28. The van der Waals surface area contributed by atoms with Crippen molar-refractivity contribution in [3.8, 4) is 11.5 Å². The van der Waals surface area contributed by atoms with Crippen LogP contribution < -0.4 is 0 Å². The molecule has 132 valence electrons. The van der Waals surface area contributed by atoms with Crippen LogP contribution in [-0.2, 0) is 11.8 Å². The number of phenolic OH excluding ortho intramolecular Hbond substituents is 2. The van der Waals surface area contributed by atoms with Crippen molar-refractivity contribution in [3.63, 3.8) is 0 Å². The molecule has 4 saturated carbocycles. The SMILES string of the molecule is CCCCCCc1ccc(O)c(C23CC4CC(CC(C4)C2)C3)c1O. The van der Waals surface area contributed by atoms with Gasteiger partial charge in [-0.3, -0.25) is 0 Å². The van der Waals surface area contributed by atoms with E-state index in [2.05, 4.69) is 6.92 Å². The molecule has 0 aliphatic heterocycles. The Bertz CT molecular complexity index is 569. The van der Waals surface area contributed by atoms with Crippen molar-refractivity contribution >= 4 is 0 Å². The lowest BCUT2D eigenvalue weighted by Crippen LogP contribution is -2.48. The quantitative estimate of drug-likeness (QED) is 0.659. The van der Waals surface area contributed by atoms with E-state index >= 15 is 0 Å². The minimum atomic E-state index is 0.0579. The first-order valence-corrected chi connectivity index (χ1v) is 10.2. The second-order valence-electron chi connectivity index (χ2n) is 8.98. The zero-order chi connectivity index (χ0) is 16.7. The molecule has 4 aliphatic rings. The van der Waals surface area contributed by atoms with Crippen molar-refractivity contribution in [2.24, 2.45) is 17.8 Å².